The molecule has 3 heteroatoms. The summed E-state index contributed by atoms with van der Waals surface area (Å²) in [6, 6.07) is 25.6. The highest BCUT2D eigenvalue weighted by Crippen LogP contribution is 2.58. The third kappa shape index (κ3) is 3.15. The minimum atomic E-state index is 0.615. The maximum Gasteiger partial charge on any atom is 0.137 e. The van der Waals surface area contributed by atoms with E-state index in [-0.39, 0.29) is 0 Å². The molecular formula is C29H28N2O. The highest BCUT2D eigenvalue weighted by molar-refractivity contribution is 5.72. The fourth-order valence-corrected chi connectivity index (χ4v) is 5.80. The number of aromatic nitrogens is 2. The summed E-state index contributed by atoms with van der Waals surface area (Å²) in [5.74, 6) is 3.31. The zero-order valence-corrected chi connectivity index (χ0v) is 18.7. The number of benzene rings is 2. The Balaban J connectivity index is 1.41. The number of hydrogen-bond acceptors (Lipinski definition) is 2. The van der Waals surface area contributed by atoms with Crippen LogP contribution in [0.3, 0.4) is 0 Å². The maximum absolute atomic E-state index is 6.37. The van der Waals surface area contributed by atoms with Crippen molar-refractivity contribution in [3.63, 3.8) is 0 Å². The lowest BCUT2D eigenvalue weighted by Crippen LogP contribution is -2.07. The molecule has 1 fully saturated rings. The van der Waals surface area contributed by atoms with Crippen LogP contribution in [-0.2, 0) is 6.61 Å². The van der Waals surface area contributed by atoms with E-state index in [1.165, 1.54) is 52.9 Å². The Hall–Kier alpha value is -3.33. The number of pyridine rings is 1. The fourth-order valence-electron chi connectivity index (χ4n) is 5.80. The summed E-state index contributed by atoms with van der Waals surface area (Å²) >= 11 is 0. The normalized spacial score (nSPS) is 18.7. The highest BCUT2D eigenvalue weighted by Gasteiger charge is 2.41. The van der Waals surface area contributed by atoms with E-state index >= 15 is 0 Å². The molecule has 2 aromatic heterocycles. The topological polar surface area (TPSA) is 27.1 Å². The van der Waals surface area contributed by atoms with Gasteiger partial charge in [-0.05, 0) is 92.5 Å². The van der Waals surface area contributed by atoms with Crippen LogP contribution in [-0.4, -0.2) is 9.55 Å². The molecule has 2 atom stereocenters. The lowest BCUT2D eigenvalue weighted by molar-refractivity contribution is 0.301. The van der Waals surface area contributed by atoms with Crippen LogP contribution < -0.4 is 4.74 Å². The summed E-state index contributed by atoms with van der Waals surface area (Å²) < 4.78 is 8.60. The molecular weight excluding hydrogens is 392 g/mol. The van der Waals surface area contributed by atoms with Crippen molar-refractivity contribution in [1.82, 2.24) is 9.55 Å². The van der Waals surface area contributed by atoms with Gasteiger partial charge in [-0.15, -0.1) is 0 Å². The van der Waals surface area contributed by atoms with Gasteiger partial charge in [-0.3, -0.25) is 0 Å². The SMILES string of the molecule is Cc1ccc(C)n1-c1cccc(-c2ccc(OCc3ccccc3)c3c2C2CCC3C2)n1. The molecule has 2 heterocycles. The van der Waals surface area contributed by atoms with Crippen LogP contribution in [0.25, 0.3) is 17.1 Å². The van der Waals surface area contributed by atoms with Gasteiger partial charge in [-0.1, -0.05) is 36.4 Å². The van der Waals surface area contributed by atoms with Crippen LogP contribution in [0.5, 0.6) is 5.75 Å². The Kier molecular flexibility index (Phi) is 4.64. The Morgan fingerprint density at radius 3 is 2.34 bits per heavy atom. The highest BCUT2D eigenvalue weighted by atomic mass is 16.5. The molecule has 0 aliphatic heterocycles. The van der Waals surface area contributed by atoms with E-state index in [1.807, 2.05) is 6.07 Å². The molecule has 6 rings (SSSR count). The second kappa shape index (κ2) is 7.67. The van der Waals surface area contributed by atoms with Crippen molar-refractivity contribution in [3.8, 4) is 22.8 Å². The van der Waals surface area contributed by atoms with Crippen LogP contribution >= 0.6 is 0 Å². The molecule has 0 amide bonds. The average molecular weight is 421 g/mol. The molecule has 32 heavy (non-hydrogen) atoms. The number of nitrogens with zero attached hydrogens (tertiary/aromatic N) is 2. The van der Waals surface area contributed by atoms with Crippen LogP contribution in [0.1, 0.15) is 59.2 Å². The molecule has 0 N–H and O–H groups in total. The summed E-state index contributed by atoms with van der Waals surface area (Å²) in [6.07, 6.45) is 3.81. The van der Waals surface area contributed by atoms with Gasteiger partial charge in [0.05, 0.1) is 5.69 Å². The Morgan fingerprint density at radius 2 is 1.56 bits per heavy atom. The lowest BCUT2D eigenvalue weighted by Gasteiger charge is -2.22. The molecule has 1 saturated carbocycles. The van der Waals surface area contributed by atoms with E-state index in [9.17, 15) is 0 Å². The summed E-state index contributed by atoms with van der Waals surface area (Å²) in [7, 11) is 0. The predicted octanol–water partition coefficient (Wildman–Crippen LogP) is 7.10. The third-order valence-corrected chi connectivity index (χ3v) is 7.24. The van der Waals surface area contributed by atoms with Gasteiger partial charge in [0.2, 0.25) is 0 Å². The van der Waals surface area contributed by atoms with Crippen LogP contribution in [0.15, 0.2) is 72.8 Å². The van der Waals surface area contributed by atoms with E-state index < -0.39 is 0 Å². The van der Waals surface area contributed by atoms with E-state index in [4.69, 9.17) is 9.72 Å². The first-order valence-electron chi connectivity index (χ1n) is 11.7. The number of ether oxygens (including phenoxy) is 1. The van der Waals surface area contributed by atoms with Gasteiger partial charge in [0, 0.05) is 22.5 Å². The van der Waals surface area contributed by atoms with Crippen molar-refractivity contribution in [3.05, 3.63) is 101 Å². The first-order chi connectivity index (χ1) is 15.7. The van der Waals surface area contributed by atoms with Gasteiger partial charge in [0.25, 0.3) is 0 Å². The summed E-state index contributed by atoms with van der Waals surface area (Å²) in [4.78, 5) is 5.11. The molecule has 2 bridgehead atoms. The second-order valence-electron chi connectivity index (χ2n) is 9.25. The van der Waals surface area contributed by atoms with Crippen molar-refractivity contribution < 1.29 is 4.74 Å². The molecule has 2 aliphatic carbocycles. The van der Waals surface area contributed by atoms with Crippen LogP contribution in [0.4, 0.5) is 0 Å². The zero-order valence-electron chi connectivity index (χ0n) is 18.7. The van der Waals surface area contributed by atoms with Crippen LogP contribution in [0, 0.1) is 13.8 Å². The molecule has 4 aromatic rings. The number of aryl methyl sites for hydroxylation is 2. The Bertz CT molecular complexity index is 1270. The maximum atomic E-state index is 6.37. The Labute approximate surface area is 189 Å². The second-order valence-corrected chi connectivity index (χ2v) is 9.25. The minimum absolute atomic E-state index is 0.615. The van der Waals surface area contributed by atoms with Gasteiger partial charge >= 0.3 is 0 Å². The zero-order chi connectivity index (χ0) is 21.7. The Morgan fingerprint density at radius 1 is 0.812 bits per heavy atom. The molecule has 2 aliphatic rings. The minimum Gasteiger partial charge on any atom is -0.489 e. The molecule has 3 nitrogen and oxygen atoms in total. The van der Waals surface area contributed by atoms with Gasteiger partial charge in [0.15, 0.2) is 0 Å². The van der Waals surface area contributed by atoms with Gasteiger partial charge in [-0.2, -0.15) is 0 Å². The van der Waals surface area contributed by atoms with Crippen molar-refractivity contribution >= 4 is 0 Å². The van der Waals surface area contributed by atoms with E-state index in [2.05, 4.69) is 85.1 Å². The first kappa shape index (κ1) is 19.4. The van der Waals surface area contributed by atoms with Crippen molar-refractivity contribution in [2.24, 2.45) is 0 Å². The summed E-state index contributed by atoms with van der Waals surface area (Å²) in [5, 5.41) is 0. The smallest absolute Gasteiger partial charge is 0.137 e. The van der Waals surface area contributed by atoms with Crippen molar-refractivity contribution in [2.75, 3.05) is 0 Å². The third-order valence-electron chi connectivity index (χ3n) is 7.24. The molecule has 0 spiro atoms. The van der Waals surface area contributed by atoms with Crippen molar-refractivity contribution in [2.45, 2.75) is 51.6 Å². The first-order valence-corrected chi connectivity index (χ1v) is 11.7. The average Bonchev–Trinajstić information content (AvgIpc) is 3.54. The standard InChI is InChI=1S/C29H28N2O/c1-19-11-12-20(2)31(19)27-10-6-9-25(30-27)24-15-16-26(32-18-21-7-4-3-5-8-21)29-23-14-13-22(17-23)28(24)29/h3-12,15-16,22-23H,13-14,17-18H2,1-2H3. The predicted molar refractivity (Wildman–Crippen MR) is 129 cm³/mol. The molecule has 2 unspecified atom stereocenters. The quantitative estimate of drug-likeness (QED) is 0.344. The number of hydrogen-bond donors (Lipinski definition) is 0. The fraction of sp³-hybridized carbons (Fsp3) is 0.276. The van der Waals surface area contributed by atoms with Gasteiger partial charge < -0.3 is 9.30 Å². The number of rotatable bonds is 5. The summed E-state index contributed by atoms with van der Waals surface area (Å²) in [6.45, 7) is 4.89. The largest absolute Gasteiger partial charge is 0.489 e. The van der Waals surface area contributed by atoms with E-state index in [0.717, 1.165) is 17.3 Å². The van der Waals surface area contributed by atoms with Crippen molar-refractivity contribution in [1.29, 1.82) is 0 Å². The van der Waals surface area contributed by atoms with Gasteiger partial charge in [-0.25, -0.2) is 4.98 Å². The lowest BCUT2D eigenvalue weighted by atomic mass is 9.86. The van der Waals surface area contributed by atoms with E-state index in [1.54, 1.807) is 0 Å². The molecule has 0 radical (unpaired) electrons. The number of fused-ring (bicyclic) bond motifs is 5. The monoisotopic (exact) mass is 420 g/mol. The van der Waals surface area contributed by atoms with E-state index in [0.29, 0.717) is 18.4 Å². The molecule has 2 aromatic carbocycles. The molecule has 160 valence electrons. The molecule has 0 saturated heterocycles. The van der Waals surface area contributed by atoms with Gasteiger partial charge in [0.1, 0.15) is 18.2 Å². The summed E-state index contributed by atoms with van der Waals surface area (Å²) in [5.41, 5.74) is 8.90. The van der Waals surface area contributed by atoms with Crippen LogP contribution in [0.2, 0.25) is 0 Å².